The minimum Gasteiger partial charge on any atom is -0.339 e. The van der Waals surface area contributed by atoms with Crippen LogP contribution in [0.2, 0.25) is 0 Å². The molecule has 0 radical (unpaired) electrons. The van der Waals surface area contributed by atoms with Crippen LogP contribution in [0, 0.1) is 0 Å². The second-order valence-electron chi connectivity index (χ2n) is 9.32. The number of nitrogens with zero attached hydrogens (tertiary/aromatic N) is 3. The first-order valence-corrected chi connectivity index (χ1v) is 13.8. The molecule has 4 nitrogen and oxygen atoms in total. The van der Waals surface area contributed by atoms with Gasteiger partial charge in [0.2, 0.25) is 0 Å². The van der Waals surface area contributed by atoms with Gasteiger partial charge in [0.1, 0.15) is 0 Å². The van der Waals surface area contributed by atoms with Gasteiger partial charge in [-0.1, -0.05) is 42.0 Å². The van der Waals surface area contributed by atoms with Crippen molar-refractivity contribution in [1.29, 1.82) is 0 Å². The zero-order chi connectivity index (χ0) is 24.9. The van der Waals surface area contributed by atoms with Crippen LogP contribution in [0.5, 0.6) is 0 Å². The molecule has 0 bridgehead atoms. The third-order valence-electron chi connectivity index (χ3n) is 7.17. The molecule has 0 N–H and O–H groups in total. The van der Waals surface area contributed by atoms with E-state index in [0.717, 1.165) is 67.6 Å². The maximum absolute atomic E-state index is 12.9. The molecule has 1 amide bonds. The lowest BCUT2D eigenvalue weighted by molar-refractivity contribution is 0.0773. The number of carbonyl (C=O) groups excluding carboxylic acids is 1. The molecule has 5 heteroatoms. The second kappa shape index (κ2) is 11.2. The van der Waals surface area contributed by atoms with Crippen molar-refractivity contribution in [2.45, 2.75) is 33.2 Å². The largest absolute Gasteiger partial charge is 0.339 e. The third-order valence-corrected chi connectivity index (χ3v) is 7.90. The molecule has 0 spiro atoms. The van der Waals surface area contributed by atoms with Crippen LogP contribution in [0.15, 0.2) is 83.2 Å². The van der Waals surface area contributed by atoms with Gasteiger partial charge in [-0.25, -0.2) is 0 Å². The molecule has 2 aromatic carbocycles. The molecule has 2 aromatic heterocycles. The molecule has 0 saturated carbocycles. The fraction of sp³-hybridized carbons (Fsp3) is 0.290. The van der Waals surface area contributed by atoms with E-state index in [9.17, 15) is 4.79 Å². The van der Waals surface area contributed by atoms with Crippen LogP contribution in [0.1, 0.15) is 53.7 Å². The fourth-order valence-electron chi connectivity index (χ4n) is 5.20. The lowest BCUT2D eigenvalue weighted by Crippen LogP contribution is -2.30. The number of thiophene rings is 1. The summed E-state index contributed by atoms with van der Waals surface area (Å²) in [6.07, 6.45) is 3.94. The summed E-state index contributed by atoms with van der Waals surface area (Å²) < 4.78 is 0. The van der Waals surface area contributed by atoms with Gasteiger partial charge in [-0.15, -0.1) is 0 Å². The highest BCUT2D eigenvalue weighted by Gasteiger charge is 2.21. The summed E-state index contributed by atoms with van der Waals surface area (Å²) in [4.78, 5) is 22.1. The van der Waals surface area contributed by atoms with Crippen molar-refractivity contribution in [1.82, 2.24) is 14.8 Å². The number of likely N-dealkylation sites (tertiary alicyclic amines) is 1. The number of para-hydroxylation sites is 1. The van der Waals surface area contributed by atoms with Crippen LogP contribution < -0.4 is 0 Å². The van der Waals surface area contributed by atoms with Crippen molar-refractivity contribution in [3.63, 3.8) is 0 Å². The molecule has 1 saturated heterocycles. The molecule has 1 aliphatic rings. The van der Waals surface area contributed by atoms with Gasteiger partial charge in [0.25, 0.3) is 5.91 Å². The fourth-order valence-corrected chi connectivity index (χ4v) is 5.86. The van der Waals surface area contributed by atoms with E-state index in [4.69, 9.17) is 4.98 Å². The maximum Gasteiger partial charge on any atom is 0.253 e. The first-order chi connectivity index (χ1) is 17.7. The maximum atomic E-state index is 12.9. The van der Waals surface area contributed by atoms with Gasteiger partial charge in [-0.3, -0.25) is 14.7 Å². The number of hydrogen-bond donors (Lipinski definition) is 0. The summed E-state index contributed by atoms with van der Waals surface area (Å²) in [5, 5.41) is 5.56. The standard InChI is InChI=1S/C31H33N3OS/c1-3-34(4-2)31(35)27-12-10-24(11-13-27)29(28-9-5-7-26-8-6-17-32-30(26)28)25-14-18-33(19-15-25)21-23-16-20-36-22-23/h5-13,16-17,20,22H,3-4,14-15,18-19,21H2,1-2H3. The molecule has 1 aliphatic heterocycles. The van der Waals surface area contributed by atoms with Crippen LogP contribution in [0.4, 0.5) is 0 Å². The van der Waals surface area contributed by atoms with Crippen molar-refractivity contribution in [3.8, 4) is 0 Å². The Morgan fingerprint density at radius 1 is 0.944 bits per heavy atom. The van der Waals surface area contributed by atoms with Crippen LogP contribution >= 0.6 is 11.3 Å². The van der Waals surface area contributed by atoms with E-state index in [2.05, 4.69) is 58.1 Å². The Kier molecular flexibility index (Phi) is 7.59. The van der Waals surface area contributed by atoms with E-state index in [-0.39, 0.29) is 5.91 Å². The first kappa shape index (κ1) is 24.4. The molecule has 1 fully saturated rings. The van der Waals surface area contributed by atoms with Gasteiger partial charge in [0, 0.05) is 55.4 Å². The Hall–Kier alpha value is -3.28. The van der Waals surface area contributed by atoms with Gasteiger partial charge in [0.05, 0.1) is 5.52 Å². The lowest BCUT2D eigenvalue weighted by atomic mass is 9.87. The predicted octanol–water partition coefficient (Wildman–Crippen LogP) is 6.88. The third kappa shape index (κ3) is 5.13. The monoisotopic (exact) mass is 495 g/mol. The number of fused-ring (bicyclic) bond motifs is 1. The molecule has 3 heterocycles. The first-order valence-electron chi connectivity index (χ1n) is 12.9. The van der Waals surface area contributed by atoms with Crippen LogP contribution in [0.3, 0.4) is 0 Å². The molecule has 184 valence electrons. The summed E-state index contributed by atoms with van der Waals surface area (Å²) in [5.41, 5.74) is 8.26. The normalized spacial score (nSPS) is 14.2. The summed E-state index contributed by atoms with van der Waals surface area (Å²) in [7, 11) is 0. The van der Waals surface area contributed by atoms with Crippen molar-refractivity contribution in [3.05, 3.63) is 105 Å². The Morgan fingerprint density at radius 3 is 2.36 bits per heavy atom. The van der Waals surface area contributed by atoms with E-state index in [1.54, 1.807) is 11.3 Å². The Labute approximate surface area is 217 Å². The Balaban J connectivity index is 1.51. The highest BCUT2D eigenvalue weighted by molar-refractivity contribution is 7.07. The second-order valence-corrected chi connectivity index (χ2v) is 10.1. The average Bonchev–Trinajstić information content (AvgIpc) is 3.44. The van der Waals surface area contributed by atoms with E-state index in [1.165, 1.54) is 22.3 Å². The van der Waals surface area contributed by atoms with Gasteiger partial charge >= 0.3 is 0 Å². The minimum absolute atomic E-state index is 0.0920. The van der Waals surface area contributed by atoms with Crippen LogP contribution in [0.25, 0.3) is 16.5 Å². The average molecular weight is 496 g/mol. The summed E-state index contributed by atoms with van der Waals surface area (Å²) in [6.45, 7) is 8.60. The molecule has 0 atom stereocenters. The number of pyridine rings is 1. The predicted molar refractivity (Wildman–Crippen MR) is 150 cm³/mol. The lowest BCUT2D eigenvalue weighted by Gasteiger charge is -2.30. The van der Waals surface area contributed by atoms with Gasteiger partial charge < -0.3 is 4.90 Å². The van der Waals surface area contributed by atoms with E-state index in [1.807, 2.05) is 43.1 Å². The zero-order valence-corrected chi connectivity index (χ0v) is 21.9. The van der Waals surface area contributed by atoms with E-state index in [0.29, 0.717) is 0 Å². The highest BCUT2D eigenvalue weighted by atomic mass is 32.1. The molecule has 0 unspecified atom stereocenters. The smallest absolute Gasteiger partial charge is 0.253 e. The summed E-state index contributed by atoms with van der Waals surface area (Å²) in [6, 6.07) is 21.0. The number of amides is 1. The van der Waals surface area contributed by atoms with E-state index < -0.39 is 0 Å². The van der Waals surface area contributed by atoms with Crippen molar-refractivity contribution in [2.24, 2.45) is 0 Å². The molecule has 5 rings (SSSR count). The molecular weight excluding hydrogens is 462 g/mol. The number of hydrogen-bond acceptors (Lipinski definition) is 4. The summed E-state index contributed by atoms with van der Waals surface area (Å²) in [5.74, 6) is 0.0920. The Morgan fingerprint density at radius 2 is 1.67 bits per heavy atom. The quantitative estimate of drug-likeness (QED) is 0.280. The Bertz CT molecular complexity index is 1340. The number of aromatic nitrogens is 1. The number of benzene rings is 2. The molecule has 36 heavy (non-hydrogen) atoms. The summed E-state index contributed by atoms with van der Waals surface area (Å²) >= 11 is 1.77. The minimum atomic E-state index is 0.0920. The molecule has 0 aliphatic carbocycles. The molecular formula is C31H33N3OS. The number of piperidine rings is 1. The number of rotatable bonds is 7. The van der Waals surface area contributed by atoms with E-state index >= 15 is 0 Å². The topological polar surface area (TPSA) is 36.4 Å². The van der Waals surface area contributed by atoms with Crippen molar-refractivity contribution in [2.75, 3.05) is 26.2 Å². The number of carbonyl (C=O) groups is 1. The van der Waals surface area contributed by atoms with Gasteiger partial charge in [-0.2, -0.15) is 11.3 Å². The van der Waals surface area contributed by atoms with Crippen LogP contribution in [-0.4, -0.2) is 46.9 Å². The highest BCUT2D eigenvalue weighted by Crippen LogP contribution is 2.36. The SMILES string of the molecule is CCN(CC)C(=O)c1ccc(C(=C2CCN(Cc3ccsc3)CC2)c2cccc3cccnc23)cc1. The van der Waals surface area contributed by atoms with Crippen molar-refractivity contribution >= 4 is 33.7 Å². The van der Waals surface area contributed by atoms with Crippen molar-refractivity contribution < 1.29 is 4.79 Å². The molecule has 4 aromatic rings. The van der Waals surface area contributed by atoms with Gasteiger partial charge in [0.15, 0.2) is 0 Å². The zero-order valence-electron chi connectivity index (χ0n) is 21.1. The van der Waals surface area contributed by atoms with Gasteiger partial charge in [-0.05, 0) is 78.4 Å². The van der Waals surface area contributed by atoms with Crippen LogP contribution in [-0.2, 0) is 6.54 Å².